The summed E-state index contributed by atoms with van der Waals surface area (Å²) in [4.78, 5) is 12.6. The van der Waals surface area contributed by atoms with E-state index in [0.717, 1.165) is 50.3 Å². The molecule has 0 saturated carbocycles. The molecule has 4 nitrogen and oxygen atoms in total. The Morgan fingerprint density at radius 3 is 2.60 bits per heavy atom. The van der Waals surface area contributed by atoms with Gasteiger partial charge < -0.3 is 15.8 Å². The molecule has 0 aliphatic carbocycles. The summed E-state index contributed by atoms with van der Waals surface area (Å²) in [6.45, 7) is 6.19. The largest absolute Gasteiger partial charge is 0.381 e. The average molecular weight is 387 g/mol. The van der Waals surface area contributed by atoms with Crippen LogP contribution in [0.5, 0.6) is 0 Å². The van der Waals surface area contributed by atoms with E-state index in [4.69, 9.17) is 10.5 Å². The Balaban J connectivity index is 0.00000312. The number of amides is 1. The number of carbonyl (C=O) groups is 1. The van der Waals surface area contributed by atoms with Crippen LogP contribution in [0.25, 0.3) is 0 Å². The SMILES string of the molecule is CCC(CC)(CN)C(=O)Nc1cccc(CSC2CCOCC2)c1.Cl. The zero-order valence-corrected chi connectivity index (χ0v) is 16.9. The lowest BCUT2D eigenvalue weighted by Crippen LogP contribution is -2.41. The predicted molar refractivity (Wildman–Crippen MR) is 110 cm³/mol. The molecule has 1 aromatic rings. The van der Waals surface area contributed by atoms with Gasteiger partial charge in [0.15, 0.2) is 0 Å². The number of hydrogen-bond acceptors (Lipinski definition) is 4. The molecule has 1 fully saturated rings. The second-order valence-electron chi connectivity index (χ2n) is 6.47. The predicted octanol–water partition coefficient (Wildman–Crippen LogP) is 4.22. The van der Waals surface area contributed by atoms with Gasteiger partial charge in [-0.05, 0) is 43.4 Å². The highest BCUT2D eigenvalue weighted by Gasteiger charge is 2.33. The fraction of sp³-hybridized carbons (Fsp3) is 0.632. The van der Waals surface area contributed by atoms with Crippen molar-refractivity contribution in [3.63, 3.8) is 0 Å². The number of nitrogens with one attached hydrogen (secondary N) is 1. The van der Waals surface area contributed by atoms with Crippen molar-refractivity contribution in [2.45, 2.75) is 50.5 Å². The number of ether oxygens (including phenoxy) is 1. The van der Waals surface area contributed by atoms with Crippen molar-refractivity contribution >= 4 is 35.8 Å². The molecule has 6 heteroatoms. The van der Waals surface area contributed by atoms with Crippen molar-refractivity contribution in [2.75, 3.05) is 25.1 Å². The Morgan fingerprint density at radius 2 is 2.00 bits per heavy atom. The Hall–Kier alpha value is -0.750. The second kappa shape index (κ2) is 11.1. The number of benzene rings is 1. The normalized spacial score (nSPS) is 15.5. The molecule has 0 spiro atoms. The second-order valence-corrected chi connectivity index (χ2v) is 7.76. The highest BCUT2D eigenvalue weighted by atomic mass is 35.5. The molecule has 1 aromatic carbocycles. The van der Waals surface area contributed by atoms with Crippen molar-refractivity contribution in [1.82, 2.24) is 0 Å². The lowest BCUT2D eigenvalue weighted by Gasteiger charge is -2.28. The van der Waals surface area contributed by atoms with Gasteiger partial charge in [-0.25, -0.2) is 0 Å². The fourth-order valence-corrected chi connectivity index (χ4v) is 4.15. The van der Waals surface area contributed by atoms with E-state index in [2.05, 4.69) is 17.4 Å². The summed E-state index contributed by atoms with van der Waals surface area (Å²) in [7, 11) is 0. The van der Waals surface area contributed by atoms with Crippen LogP contribution in [0.4, 0.5) is 5.69 Å². The molecule has 0 atom stereocenters. The number of halogens is 1. The summed E-state index contributed by atoms with van der Waals surface area (Å²) in [5, 5.41) is 3.75. The van der Waals surface area contributed by atoms with Crippen molar-refractivity contribution < 1.29 is 9.53 Å². The Labute approximate surface area is 162 Å². The van der Waals surface area contributed by atoms with Crippen LogP contribution in [0, 0.1) is 5.41 Å². The first-order valence-electron chi connectivity index (χ1n) is 8.93. The van der Waals surface area contributed by atoms with E-state index < -0.39 is 5.41 Å². The van der Waals surface area contributed by atoms with Crippen LogP contribution >= 0.6 is 24.2 Å². The minimum atomic E-state index is -0.465. The fourth-order valence-electron chi connectivity index (χ4n) is 3.01. The van der Waals surface area contributed by atoms with E-state index in [0.29, 0.717) is 11.8 Å². The van der Waals surface area contributed by atoms with Crippen molar-refractivity contribution in [1.29, 1.82) is 0 Å². The van der Waals surface area contributed by atoms with Crippen molar-refractivity contribution in [3.8, 4) is 0 Å². The first kappa shape index (κ1) is 22.3. The van der Waals surface area contributed by atoms with Gasteiger partial charge in [-0.3, -0.25) is 4.79 Å². The van der Waals surface area contributed by atoms with Crippen molar-refractivity contribution in [2.24, 2.45) is 11.1 Å². The van der Waals surface area contributed by atoms with Gasteiger partial charge in [0.25, 0.3) is 0 Å². The van der Waals surface area contributed by atoms with E-state index in [1.807, 2.05) is 37.7 Å². The minimum Gasteiger partial charge on any atom is -0.381 e. The van der Waals surface area contributed by atoms with Gasteiger partial charge in [-0.15, -0.1) is 12.4 Å². The lowest BCUT2D eigenvalue weighted by atomic mass is 9.81. The highest BCUT2D eigenvalue weighted by molar-refractivity contribution is 7.99. The third kappa shape index (κ3) is 6.17. The van der Waals surface area contributed by atoms with Crippen LogP contribution in [0.15, 0.2) is 24.3 Å². The van der Waals surface area contributed by atoms with E-state index in [1.54, 1.807) is 0 Å². The van der Waals surface area contributed by atoms with Gasteiger partial charge in [0.1, 0.15) is 0 Å². The maximum atomic E-state index is 12.6. The van der Waals surface area contributed by atoms with E-state index in [9.17, 15) is 4.79 Å². The molecule has 1 saturated heterocycles. The molecule has 25 heavy (non-hydrogen) atoms. The molecule has 0 unspecified atom stereocenters. The first-order chi connectivity index (χ1) is 11.6. The summed E-state index contributed by atoms with van der Waals surface area (Å²) in [6.07, 6.45) is 3.77. The Bertz CT molecular complexity index is 524. The first-order valence-corrected chi connectivity index (χ1v) is 9.98. The zero-order valence-electron chi connectivity index (χ0n) is 15.3. The Morgan fingerprint density at radius 1 is 1.32 bits per heavy atom. The number of hydrogen-bond donors (Lipinski definition) is 2. The quantitative estimate of drug-likeness (QED) is 0.701. The Kier molecular flexibility index (Phi) is 9.87. The molecule has 1 aliphatic rings. The van der Waals surface area contributed by atoms with Gasteiger partial charge in [-0.2, -0.15) is 11.8 Å². The van der Waals surface area contributed by atoms with Crippen LogP contribution in [-0.2, 0) is 15.3 Å². The molecule has 1 amide bonds. The minimum absolute atomic E-state index is 0. The number of rotatable bonds is 8. The van der Waals surface area contributed by atoms with E-state index in [1.165, 1.54) is 5.56 Å². The molecule has 0 radical (unpaired) electrons. The van der Waals surface area contributed by atoms with Crippen LogP contribution in [0.3, 0.4) is 0 Å². The summed E-state index contributed by atoms with van der Waals surface area (Å²) in [5.74, 6) is 1.00. The standard InChI is InChI=1S/C19H30N2O2S.ClH/c1-3-19(4-2,14-20)18(22)21-16-7-5-6-15(12-16)13-24-17-8-10-23-11-9-17;/h5-7,12,17H,3-4,8-11,13-14,20H2,1-2H3,(H,21,22);1H. The summed E-state index contributed by atoms with van der Waals surface area (Å²) in [5.41, 5.74) is 7.52. The molecule has 0 aromatic heterocycles. The number of nitrogens with two attached hydrogens (primary N) is 1. The highest BCUT2D eigenvalue weighted by Crippen LogP contribution is 2.29. The molecule has 3 N–H and O–H groups in total. The molecular formula is C19H31ClN2O2S. The summed E-state index contributed by atoms with van der Waals surface area (Å²) < 4.78 is 5.41. The van der Waals surface area contributed by atoms with Crippen LogP contribution in [-0.4, -0.2) is 30.9 Å². The van der Waals surface area contributed by atoms with Crippen molar-refractivity contribution in [3.05, 3.63) is 29.8 Å². The topological polar surface area (TPSA) is 64.4 Å². The maximum Gasteiger partial charge on any atom is 0.231 e. The molecule has 1 heterocycles. The van der Waals surface area contributed by atoms with E-state index >= 15 is 0 Å². The lowest BCUT2D eigenvalue weighted by molar-refractivity contribution is -0.125. The molecule has 2 rings (SSSR count). The van der Waals surface area contributed by atoms with E-state index in [-0.39, 0.29) is 18.3 Å². The van der Waals surface area contributed by atoms with Crippen LogP contribution < -0.4 is 11.1 Å². The van der Waals surface area contributed by atoms with Gasteiger partial charge in [0.2, 0.25) is 5.91 Å². The summed E-state index contributed by atoms with van der Waals surface area (Å²) in [6, 6.07) is 8.17. The molecule has 1 aliphatic heterocycles. The molecule has 0 bridgehead atoms. The summed E-state index contributed by atoms with van der Waals surface area (Å²) >= 11 is 1.98. The number of carbonyl (C=O) groups excluding carboxylic acids is 1. The van der Waals surface area contributed by atoms with Gasteiger partial charge in [0, 0.05) is 36.4 Å². The smallest absolute Gasteiger partial charge is 0.231 e. The monoisotopic (exact) mass is 386 g/mol. The maximum absolute atomic E-state index is 12.6. The number of thioether (sulfide) groups is 1. The molecular weight excluding hydrogens is 356 g/mol. The number of anilines is 1. The van der Waals surface area contributed by atoms with Crippen LogP contribution in [0.1, 0.15) is 45.1 Å². The van der Waals surface area contributed by atoms with Gasteiger partial charge in [0.05, 0.1) is 5.41 Å². The zero-order chi connectivity index (χ0) is 17.4. The molecule has 142 valence electrons. The van der Waals surface area contributed by atoms with Crippen LogP contribution in [0.2, 0.25) is 0 Å². The average Bonchev–Trinajstić information content (AvgIpc) is 2.63. The van der Waals surface area contributed by atoms with Gasteiger partial charge in [-0.1, -0.05) is 26.0 Å². The van der Waals surface area contributed by atoms with Gasteiger partial charge >= 0.3 is 0 Å². The third-order valence-corrected chi connectivity index (χ3v) is 6.51. The third-order valence-electron chi connectivity index (χ3n) is 5.06.